The van der Waals surface area contributed by atoms with Crippen LogP contribution >= 0.6 is 0 Å². The predicted octanol–water partition coefficient (Wildman–Crippen LogP) is 7.24. The maximum atomic E-state index is 4.82. The first-order valence-corrected chi connectivity index (χ1v) is 10.9. The zero-order chi connectivity index (χ0) is 21.0. The Morgan fingerprint density at radius 3 is 1.97 bits per heavy atom. The molecule has 1 atom stereocenters. The summed E-state index contributed by atoms with van der Waals surface area (Å²) in [5.74, 6) is 0. The van der Waals surface area contributed by atoms with E-state index in [-0.39, 0.29) is 6.17 Å². The predicted molar refractivity (Wildman–Crippen MR) is 131 cm³/mol. The van der Waals surface area contributed by atoms with Crippen LogP contribution in [0.1, 0.15) is 31.5 Å². The van der Waals surface area contributed by atoms with Gasteiger partial charge in [-0.2, -0.15) is 0 Å². The van der Waals surface area contributed by atoms with E-state index in [0.29, 0.717) is 0 Å². The summed E-state index contributed by atoms with van der Waals surface area (Å²) in [4.78, 5) is 4.82. The van der Waals surface area contributed by atoms with Gasteiger partial charge in [0, 0.05) is 11.4 Å². The molecule has 2 aliphatic rings. The minimum Gasteiger partial charge on any atom is -0.360 e. The summed E-state index contributed by atoms with van der Waals surface area (Å²) in [7, 11) is 0. The van der Waals surface area contributed by atoms with Crippen LogP contribution in [0, 0.1) is 0 Å². The molecule has 2 heteroatoms. The molecule has 1 aliphatic heterocycles. The highest BCUT2D eigenvalue weighted by atomic mass is 15.1. The van der Waals surface area contributed by atoms with Crippen LogP contribution in [0.5, 0.6) is 0 Å². The number of hydrogen-bond donors (Lipinski definition) is 1. The van der Waals surface area contributed by atoms with Gasteiger partial charge < -0.3 is 5.32 Å². The number of rotatable bonds is 4. The zero-order valence-corrected chi connectivity index (χ0v) is 17.8. The van der Waals surface area contributed by atoms with Crippen LogP contribution in [-0.4, -0.2) is 5.71 Å². The Morgan fingerprint density at radius 1 is 0.742 bits per heavy atom. The van der Waals surface area contributed by atoms with Crippen LogP contribution in [0.15, 0.2) is 119 Å². The monoisotopic (exact) mass is 402 g/mol. The zero-order valence-electron chi connectivity index (χ0n) is 17.8. The van der Waals surface area contributed by atoms with Gasteiger partial charge in [-0.05, 0) is 59.2 Å². The van der Waals surface area contributed by atoms with Gasteiger partial charge in [0.25, 0.3) is 0 Å². The lowest BCUT2D eigenvalue weighted by molar-refractivity contribution is 0.625. The van der Waals surface area contributed by atoms with E-state index in [1.54, 1.807) is 0 Å². The molecule has 0 fully saturated rings. The molecule has 0 bridgehead atoms. The number of aliphatic imine (C=N–C) groups is 1. The topological polar surface area (TPSA) is 24.4 Å². The summed E-state index contributed by atoms with van der Waals surface area (Å²) in [5, 5.41) is 3.61. The fraction of sp³-hybridized carbons (Fsp3) is 0.138. The normalized spacial score (nSPS) is 18.0. The fourth-order valence-corrected chi connectivity index (χ4v) is 4.15. The average Bonchev–Trinajstić information content (AvgIpc) is 2.85. The summed E-state index contributed by atoms with van der Waals surface area (Å²) in [6, 6.07) is 28.0. The minimum absolute atomic E-state index is 0.0502. The molecule has 0 amide bonds. The maximum absolute atomic E-state index is 4.82. The van der Waals surface area contributed by atoms with E-state index >= 15 is 0 Å². The molecule has 3 aromatic rings. The maximum Gasteiger partial charge on any atom is 0.145 e. The van der Waals surface area contributed by atoms with Crippen LogP contribution in [-0.2, 0) is 0 Å². The number of hydrogen-bond acceptors (Lipinski definition) is 2. The number of nitrogens with one attached hydrogen (secondary N) is 1. The van der Waals surface area contributed by atoms with Crippen molar-refractivity contribution >= 4 is 5.71 Å². The van der Waals surface area contributed by atoms with E-state index < -0.39 is 0 Å². The van der Waals surface area contributed by atoms with Crippen LogP contribution in [0.25, 0.3) is 22.3 Å². The van der Waals surface area contributed by atoms with Gasteiger partial charge in [0.2, 0.25) is 0 Å². The molecule has 0 spiro atoms. The van der Waals surface area contributed by atoms with Gasteiger partial charge in [-0.15, -0.1) is 0 Å². The number of nitrogens with zero attached hydrogens (tertiary/aromatic N) is 1. The van der Waals surface area contributed by atoms with E-state index in [9.17, 15) is 0 Å². The summed E-state index contributed by atoms with van der Waals surface area (Å²) in [5.41, 5.74) is 9.58. The van der Waals surface area contributed by atoms with Crippen molar-refractivity contribution in [3.05, 3.63) is 120 Å². The highest BCUT2D eigenvalue weighted by Gasteiger charge is 2.18. The quantitative estimate of drug-likeness (QED) is 0.488. The molecule has 0 aromatic heterocycles. The second-order valence-corrected chi connectivity index (χ2v) is 8.08. The van der Waals surface area contributed by atoms with Gasteiger partial charge in [-0.3, -0.25) is 4.99 Å². The molecule has 152 valence electrons. The first-order valence-electron chi connectivity index (χ1n) is 10.9. The molecule has 1 N–H and O–H groups in total. The lowest BCUT2D eigenvalue weighted by Gasteiger charge is -2.25. The second kappa shape index (κ2) is 8.61. The molecule has 1 aliphatic carbocycles. The highest BCUT2D eigenvalue weighted by molar-refractivity contribution is 5.95. The number of benzene rings is 3. The molecule has 3 aromatic carbocycles. The van der Waals surface area contributed by atoms with Crippen molar-refractivity contribution < 1.29 is 0 Å². The van der Waals surface area contributed by atoms with Gasteiger partial charge in [0.05, 0.1) is 0 Å². The summed E-state index contributed by atoms with van der Waals surface area (Å²) < 4.78 is 0. The van der Waals surface area contributed by atoms with Crippen molar-refractivity contribution in [2.24, 2.45) is 4.99 Å². The van der Waals surface area contributed by atoms with Crippen molar-refractivity contribution in [1.82, 2.24) is 5.32 Å². The van der Waals surface area contributed by atoms with Gasteiger partial charge in [-0.25, -0.2) is 0 Å². The van der Waals surface area contributed by atoms with Crippen molar-refractivity contribution in [3.8, 4) is 22.3 Å². The largest absolute Gasteiger partial charge is 0.360 e. The molecule has 31 heavy (non-hydrogen) atoms. The first-order chi connectivity index (χ1) is 15.3. The minimum atomic E-state index is -0.0502. The average molecular weight is 403 g/mol. The summed E-state index contributed by atoms with van der Waals surface area (Å²) in [6.07, 6.45) is 11.1. The third kappa shape index (κ3) is 4.29. The van der Waals surface area contributed by atoms with Gasteiger partial charge in [-0.1, -0.05) is 97.1 Å². The van der Waals surface area contributed by atoms with Crippen molar-refractivity contribution in [3.63, 3.8) is 0 Å². The SMILES string of the molecule is CC1=NC(c2ccc(-c3ccc(-c4ccccc4)cc3)cc2)NC(C2=CCCC=C2)=C1. The van der Waals surface area contributed by atoms with Gasteiger partial charge >= 0.3 is 0 Å². The van der Waals surface area contributed by atoms with Crippen molar-refractivity contribution in [2.75, 3.05) is 0 Å². The first kappa shape index (κ1) is 19.3. The number of allylic oxidation sites excluding steroid dienone is 4. The second-order valence-electron chi connectivity index (χ2n) is 8.08. The molecule has 5 rings (SSSR count). The summed E-state index contributed by atoms with van der Waals surface area (Å²) in [6.45, 7) is 2.07. The van der Waals surface area contributed by atoms with Crippen LogP contribution in [0.3, 0.4) is 0 Å². The fourth-order valence-electron chi connectivity index (χ4n) is 4.15. The van der Waals surface area contributed by atoms with Crippen LogP contribution in [0.4, 0.5) is 0 Å². The molecule has 0 radical (unpaired) electrons. The Labute approximate surface area is 184 Å². The van der Waals surface area contributed by atoms with E-state index in [0.717, 1.165) is 24.3 Å². The molecular formula is C29H26N2. The highest BCUT2D eigenvalue weighted by Crippen LogP contribution is 2.29. The Hall–Kier alpha value is -3.65. The van der Waals surface area contributed by atoms with Crippen LogP contribution in [0.2, 0.25) is 0 Å². The third-order valence-corrected chi connectivity index (χ3v) is 5.84. The molecule has 0 saturated carbocycles. The smallest absolute Gasteiger partial charge is 0.145 e. The standard InChI is InChI=1S/C29H26N2/c1-21-20-28(26-10-6-3-7-11-26)31-29(30-21)27-18-16-25(17-19-27)24-14-12-23(13-15-24)22-8-4-2-5-9-22/h2,4-6,8-20,29,31H,3,7H2,1H3. The Morgan fingerprint density at radius 2 is 1.35 bits per heavy atom. The molecule has 1 heterocycles. The van der Waals surface area contributed by atoms with E-state index in [4.69, 9.17) is 4.99 Å². The molecule has 0 saturated heterocycles. The lowest BCUT2D eigenvalue weighted by atomic mass is 9.98. The molecule has 1 unspecified atom stereocenters. The molecule has 2 nitrogen and oxygen atoms in total. The Kier molecular flexibility index (Phi) is 5.37. The lowest BCUT2D eigenvalue weighted by Crippen LogP contribution is -2.25. The summed E-state index contributed by atoms with van der Waals surface area (Å²) >= 11 is 0. The third-order valence-electron chi connectivity index (χ3n) is 5.84. The Bertz CT molecular complexity index is 1180. The molecular weight excluding hydrogens is 376 g/mol. The van der Waals surface area contributed by atoms with E-state index in [2.05, 4.69) is 109 Å². The van der Waals surface area contributed by atoms with E-state index in [1.165, 1.54) is 33.4 Å². The van der Waals surface area contributed by atoms with Gasteiger partial charge in [0.1, 0.15) is 6.17 Å². The Balaban J connectivity index is 1.34. The van der Waals surface area contributed by atoms with Gasteiger partial charge in [0.15, 0.2) is 0 Å². The van der Waals surface area contributed by atoms with E-state index in [1.807, 2.05) is 6.07 Å². The van der Waals surface area contributed by atoms with Crippen molar-refractivity contribution in [1.29, 1.82) is 0 Å². The van der Waals surface area contributed by atoms with Crippen molar-refractivity contribution in [2.45, 2.75) is 25.9 Å². The van der Waals surface area contributed by atoms with Crippen LogP contribution < -0.4 is 5.32 Å².